The van der Waals surface area contributed by atoms with E-state index in [4.69, 9.17) is 0 Å². The fraction of sp³-hybridized carbons (Fsp3) is 0.0667. The molecule has 0 radical (unpaired) electrons. The van der Waals surface area contributed by atoms with E-state index in [9.17, 15) is 38.7 Å². The van der Waals surface area contributed by atoms with Crippen LogP contribution in [0.25, 0.3) is 16.9 Å². The lowest BCUT2D eigenvalue weighted by Crippen LogP contribution is -2.36. The molecule has 0 bridgehead atoms. The summed E-state index contributed by atoms with van der Waals surface area (Å²) in [4.78, 5) is 10.1. The Morgan fingerprint density at radius 1 is 1.19 bits per heavy atom. The average molecular weight is 382 g/mol. The Labute approximate surface area is 147 Å². The van der Waals surface area contributed by atoms with Crippen LogP contribution in [0, 0.1) is 15.3 Å². The third-order valence-corrected chi connectivity index (χ3v) is 3.64. The maximum atomic E-state index is 12.7. The van der Waals surface area contributed by atoms with Gasteiger partial charge >= 0.3 is 11.9 Å². The molecular weight excluding hydrogens is 373 g/mol. The Hall–Kier alpha value is -3.83. The highest BCUT2D eigenvalue weighted by Crippen LogP contribution is 2.39. The highest BCUT2D eigenvalue weighted by molar-refractivity contribution is 5.71. The van der Waals surface area contributed by atoms with Crippen molar-refractivity contribution in [3.63, 3.8) is 0 Å². The molecule has 0 amide bonds. The van der Waals surface area contributed by atoms with Gasteiger partial charge in [-0.05, 0) is 18.2 Å². The van der Waals surface area contributed by atoms with Gasteiger partial charge < -0.3 is 15.4 Å². The minimum absolute atomic E-state index is 0.0479. The lowest BCUT2D eigenvalue weighted by Gasteiger charge is -2.11. The minimum atomic E-state index is -4.84. The van der Waals surface area contributed by atoms with Crippen LogP contribution in [0.2, 0.25) is 0 Å². The van der Waals surface area contributed by atoms with Crippen LogP contribution < -0.4 is 4.73 Å². The predicted molar refractivity (Wildman–Crippen MR) is 82.9 cm³/mol. The van der Waals surface area contributed by atoms with E-state index in [1.54, 1.807) is 0 Å². The van der Waals surface area contributed by atoms with Gasteiger partial charge in [-0.3, -0.25) is 10.1 Å². The molecule has 0 aliphatic heterocycles. The van der Waals surface area contributed by atoms with Gasteiger partial charge in [-0.1, -0.05) is 0 Å². The molecule has 0 spiro atoms. The van der Waals surface area contributed by atoms with E-state index < -0.39 is 34.0 Å². The average Bonchev–Trinajstić information content (AvgIpc) is 3.05. The van der Waals surface area contributed by atoms with Crippen LogP contribution in [-0.4, -0.2) is 24.9 Å². The Morgan fingerprint density at radius 2 is 1.89 bits per heavy atom. The number of nitrogens with zero attached hydrogens (tertiary/aromatic N) is 4. The second kappa shape index (κ2) is 6.16. The number of alkyl halides is 3. The Morgan fingerprint density at radius 3 is 2.48 bits per heavy atom. The van der Waals surface area contributed by atoms with Crippen molar-refractivity contribution in [1.29, 1.82) is 0 Å². The Balaban J connectivity index is 2.13. The number of nitro benzene ring substituents is 1. The number of nitro groups is 1. The number of phenols is 2. The van der Waals surface area contributed by atoms with Crippen LogP contribution in [0.3, 0.4) is 0 Å². The van der Waals surface area contributed by atoms with Crippen LogP contribution in [0.1, 0.15) is 5.69 Å². The van der Waals surface area contributed by atoms with E-state index in [1.165, 1.54) is 12.3 Å². The van der Waals surface area contributed by atoms with Crippen molar-refractivity contribution in [3.8, 4) is 28.4 Å². The van der Waals surface area contributed by atoms with E-state index >= 15 is 0 Å². The summed E-state index contributed by atoms with van der Waals surface area (Å²) in [5.74, 6) is -1.69. The molecule has 1 aromatic carbocycles. The number of rotatable bonds is 3. The van der Waals surface area contributed by atoms with Crippen molar-refractivity contribution in [2.75, 3.05) is 0 Å². The van der Waals surface area contributed by atoms with Crippen molar-refractivity contribution in [2.45, 2.75) is 6.18 Å². The zero-order chi connectivity index (χ0) is 19.9. The molecule has 0 saturated heterocycles. The highest BCUT2D eigenvalue weighted by atomic mass is 19.4. The number of phenolic OH excluding ortho intramolecular Hbond substituents is 2. The van der Waals surface area contributed by atoms with E-state index in [0.29, 0.717) is 12.3 Å². The topological polar surface area (TPSA) is 128 Å². The molecule has 9 nitrogen and oxygen atoms in total. The quantitative estimate of drug-likeness (QED) is 0.235. The maximum Gasteiger partial charge on any atom is 0.478 e. The van der Waals surface area contributed by atoms with Crippen molar-refractivity contribution < 1.29 is 33.0 Å². The normalized spacial score (nSPS) is 11.5. The van der Waals surface area contributed by atoms with Gasteiger partial charge in [0.1, 0.15) is 5.69 Å². The van der Waals surface area contributed by atoms with Crippen molar-refractivity contribution in [1.82, 2.24) is 9.78 Å². The molecule has 0 atom stereocenters. The molecule has 27 heavy (non-hydrogen) atoms. The van der Waals surface area contributed by atoms with Gasteiger partial charge in [0.05, 0.1) is 16.8 Å². The first kappa shape index (κ1) is 18.0. The highest BCUT2D eigenvalue weighted by Gasteiger charge is 2.39. The van der Waals surface area contributed by atoms with Crippen molar-refractivity contribution in [2.24, 2.45) is 0 Å². The molecule has 0 saturated carbocycles. The zero-order valence-electron chi connectivity index (χ0n) is 13.1. The van der Waals surface area contributed by atoms with Gasteiger partial charge in [0.2, 0.25) is 11.9 Å². The summed E-state index contributed by atoms with van der Waals surface area (Å²) in [5, 5.41) is 45.8. The standard InChI is InChI=1S/C15H9F3N4O5/c16-15(17,18)13-2-1-9(7-20(13)25)21-10(3-4-19-21)8-5-11(22(26)27)14(24)12(23)6-8/h1-7,23-24H. The van der Waals surface area contributed by atoms with E-state index in [0.717, 1.165) is 22.9 Å². The Bertz CT molecular complexity index is 1050. The third kappa shape index (κ3) is 3.19. The first-order valence-electron chi connectivity index (χ1n) is 7.15. The van der Waals surface area contributed by atoms with Crippen LogP contribution in [0.15, 0.2) is 42.7 Å². The molecule has 2 N–H and O–H groups in total. The monoisotopic (exact) mass is 382 g/mol. The fourth-order valence-corrected chi connectivity index (χ4v) is 2.43. The number of aromatic hydroxyl groups is 2. The number of benzene rings is 1. The fourth-order valence-electron chi connectivity index (χ4n) is 2.43. The SMILES string of the molecule is O=[N+]([O-])c1cc(-c2ccnn2-c2ccc(C(F)(F)F)[n+]([O-])c2)cc(O)c1O. The first-order valence-corrected chi connectivity index (χ1v) is 7.15. The summed E-state index contributed by atoms with van der Waals surface area (Å²) in [7, 11) is 0. The summed E-state index contributed by atoms with van der Waals surface area (Å²) >= 11 is 0. The molecular formula is C15H9F3N4O5. The number of pyridine rings is 1. The summed E-state index contributed by atoms with van der Waals surface area (Å²) in [6.07, 6.45) is -2.94. The van der Waals surface area contributed by atoms with Gasteiger partial charge in [-0.25, -0.2) is 4.68 Å². The van der Waals surface area contributed by atoms with Gasteiger partial charge in [0.25, 0.3) is 5.69 Å². The number of aromatic nitrogens is 3. The van der Waals surface area contributed by atoms with Gasteiger partial charge in [0.15, 0.2) is 5.75 Å². The maximum absolute atomic E-state index is 12.7. The molecule has 2 aromatic heterocycles. The summed E-state index contributed by atoms with van der Waals surface area (Å²) in [6.45, 7) is 0. The second-order valence-electron chi connectivity index (χ2n) is 5.34. The van der Waals surface area contributed by atoms with Gasteiger partial charge in [0, 0.05) is 17.7 Å². The lowest BCUT2D eigenvalue weighted by molar-refractivity contribution is -0.629. The lowest BCUT2D eigenvalue weighted by atomic mass is 10.1. The summed E-state index contributed by atoms with van der Waals surface area (Å²) < 4.78 is 38.8. The molecule has 12 heteroatoms. The zero-order valence-corrected chi connectivity index (χ0v) is 13.1. The number of hydrogen-bond acceptors (Lipinski definition) is 6. The van der Waals surface area contributed by atoms with Crippen LogP contribution in [-0.2, 0) is 6.18 Å². The molecule has 3 aromatic rings. The van der Waals surface area contributed by atoms with Crippen LogP contribution >= 0.6 is 0 Å². The molecule has 0 aliphatic rings. The first-order chi connectivity index (χ1) is 12.6. The summed E-state index contributed by atoms with van der Waals surface area (Å²) in [6, 6.07) is 4.92. The van der Waals surface area contributed by atoms with Crippen LogP contribution in [0.4, 0.5) is 18.9 Å². The van der Waals surface area contributed by atoms with Crippen LogP contribution in [0.5, 0.6) is 11.5 Å². The molecule has 2 heterocycles. The van der Waals surface area contributed by atoms with Gasteiger partial charge in [-0.2, -0.15) is 23.0 Å². The van der Waals surface area contributed by atoms with Crippen molar-refractivity contribution >= 4 is 5.69 Å². The minimum Gasteiger partial charge on any atom is -0.618 e. The number of hydrogen-bond donors (Lipinski definition) is 2. The van der Waals surface area contributed by atoms with E-state index in [2.05, 4.69) is 5.10 Å². The molecule has 140 valence electrons. The third-order valence-electron chi connectivity index (χ3n) is 3.64. The van der Waals surface area contributed by atoms with E-state index in [1.807, 2.05) is 0 Å². The molecule has 0 fully saturated rings. The smallest absolute Gasteiger partial charge is 0.478 e. The Kier molecular flexibility index (Phi) is 4.10. The molecule has 3 rings (SSSR count). The van der Waals surface area contributed by atoms with Gasteiger partial charge in [-0.15, -0.1) is 0 Å². The second-order valence-corrected chi connectivity index (χ2v) is 5.34. The predicted octanol–water partition coefficient (Wildman–Crippen LogP) is 2.51. The summed E-state index contributed by atoms with van der Waals surface area (Å²) in [5.41, 5.74) is -2.06. The van der Waals surface area contributed by atoms with Crippen molar-refractivity contribution in [3.05, 3.63) is 63.7 Å². The largest absolute Gasteiger partial charge is 0.618 e. The molecule has 0 unspecified atom stereocenters. The number of halogens is 3. The molecule has 0 aliphatic carbocycles. The van der Waals surface area contributed by atoms with E-state index in [-0.39, 0.29) is 21.7 Å².